The summed E-state index contributed by atoms with van der Waals surface area (Å²) in [5, 5.41) is 14.7. The van der Waals surface area contributed by atoms with Gasteiger partial charge in [0.15, 0.2) is 0 Å². The molecule has 0 amide bonds. The van der Waals surface area contributed by atoms with Crippen LogP contribution in [-0.4, -0.2) is 10.3 Å². The van der Waals surface area contributed by atoms with Gasteiger partial charge in [0.25, 0.3) is 0 Å². The summed E-state index contributed by atoms with van der Waals surface area (Å²) in [4.78, 5) is 0. The monoisotopic (exact) mass is 246 g/mol. The fraction of sp³-hybridized carbons (Fsp3) is 0.818. The molecule has 0 atom stereocenters. The molecule has 0 aliphatic rings. The third kappa shape index (κ3) is 31.7. The van der Waals surface area contributed by atoms with Gasteiger partial charge in [-0.3, -0.25) is 0 Å². The zero-order chi connectivity index (χ0) is 12.9. The Bertz CT molecular complexity index is 187. The Kier molecular flexibility index (Phi) is 18.2. The Morgan fingerprint density at radius 3 is 1.47 bits per heavy atom. The maximum Gasteiger partial charge on any atom is 0.0554 e. The molecule has 2 N–H and O–H groups in total. The molecular weight excluding hydrogens is 224 g/mol. The van der Waals surface area contributed by atoms with Crippen molar-refractivity contribution in [1.82, 2.24) is 0 Å². The van der Waals surface area contributed by atoms with E-state index in [-0.39, 0.29) is 0 Å². The Morgan fingerprint density at radius 1 is 1.13 bits per heavy atom. The molecule has 0 aromatic rings. The predicted molar refractivity (Wildman–Crippen MR) is 74.2 cm³/mol. The van der Waals surface area contributed by atoms with E-state index in [1.807, 2.05) is 0 Å². The van der Waals surface area contributed by atoms with Crippen molar-refractivity contribution in [3.63, 3.8) is 0 Å². The molecule has 4 heteroatoms. The van der Waals surface area contributed by atoms with E-state index in [4.69, 9.17) is 10.8 Å². The van der Waals surface area contributed by atoms with Crippen LogP contribution in [0.15, 0.2) is 0 Å². The Hall–Kier alpha value is -0.400. The van der Waals surface area contributed by atoms with Crippen molar-refractivity contribution < 1.29 is 0 Å². The highest BCUT2D eigenvalue weighted by molar-refractivity contribution is 7.78. The lowest BCUT2D eigenvalue weighted by atomic mass is 9.82. The first kappa shape index (κ1) is 20.1. The molecule has 0 aliphatic carbocycles. The normalized spacial score (nSPS) is 8.67. The zero-order valence-electron chi connectivity index (χ0n) is 10.3. The van der Waals surface area contributed by atoms with Crippen LogP contribution in [0.3, 0.4) is 0 Å². The maximum absolute atomic E-state index is 5.77. The molecule has 0 radical (unpaired) electrons. The number of nitrogens with one attached hydrogen (secondary N) is 2. The van der Waals surface area contributed by atoms with E-state index in [1.54, 1.807) is 10.3 Å². The molecule has 88 valence electrons. The highest BCUT2D eigenvalue weighted by Gasteiger charge is 2.15. The number of rotatable bonds is 3. The first-order valence-electron chi connectivity index (χ1n) is 4.89. The molecule has 0 rings (SSSR count). The molecule has 0 bridgehead atoms. The van der Waals surface area contributed by atoms with Crippen LogP contribution in [0, 0.1) is 22.2 Å². The van der Waals surface area contributed by atoms with Crippen LogP contribution in [0.2, 0.25) is 0 Å². The standard InChI is InChI=1S/C9H20.2CHNS/c1-6-9(4,5)7-8(2)3;2*2-1-3/h8H,6-7H2,1-5H3;2*2H. The predicted octanol–water partition coefficient (Wildman–Crippen LogP) is 4.80. The van der Waals surface area contributed by atoms with E-state index < -0.39 is 0 Å². The Labute approximate surface area is 104 Å². The minimum absolute atomic E-state index is 0.564. The van der Waals surface area contributed by atoms with Gasteiger partial charge >= 0.3 is 0 Å². The molecule has 0 unspecified atom stereocenters. The van der Waals surface area contributed by atoms with Gasteiger partial charge in [0.2, 0.25) is 0 Å². The lowest BCUT2D eigenvalue weighted by Gasteiger charge is -2.24. The largest absolute Gasteiger partial charge is 0.248 e. The topological polar surface area (TPSA) is 47.7 Å². The second kappa shape index (κ2) is 13.6. The smallest absolute Gasteiger partial charge is 0.0554 e. The SMILES string of the molecule is CCC(C)(C)CC(C)C.N=C=S.N=C=S. The minimum Gasteiger partial charge on any atom is -0.248 e. The number of isothiocyanates is 2. The van der Waals surface area contributed by atoms with Crippen LogP contribution < -0.4 is 0 Å². The second-order valence-corrected chi connectivity index (χ2v) is 4.73. The molecular formula is C11H22N2S2. The minimum atomic E-state index is 0.564. The van der Waals surface area contributed by atoms with Gasteiger partial charge in [-0.1, -0.05) is 41.0 Å². The van der Waals surface area contributed by atoms with Gasteiger partial charge in [0.05, 0.1) is 10.3 Å². The van der Waals surface area contributed by atoms with Crippen molar-refractivity contribution in [3.05, 3.63) is 0 Å². The molecule has 0 aromatic carbocycles. The van der Waals surface area contributed by atoms with E-state index >= 15 is 0 Å². The molecule has 0 aliphatic heterocycles. The van der Waals surface area contributed by atoms with E-state index in [1.165, 1.54) is 12.8 Å². The Morgan fingerprint density at radius 2 is 1.40 bits per heavy atom. The second-order valence-electron chi connectivity index (χ2n) is 4.32. The van der Waals surface area contributed by atoms with E-state index in [9.17, 15) is 0 Å². The van der Waals surface area contributed by atoms with Crippen LogP contribution in [0.25, 0.3) is 0 Å². The van der Waals surface area contributed by atoms with Gasteiger partial charge in [-0.15, -0.1) is 0 Å². The first-order chi connectivity index (χ1) is 6.81. The maximum atomic E-state index is 5.77. The summed E-state index contributed by atoms with van der Waals surface area (Å²) >= 11 is 7.62. The molecule has 0 spiro atoms. The van der Waals surface area contributed by atoms with Crippen molar-refractivity contribution in [2.45, 2.75) is 47.5 Å². The summed E-state index contributed by atoms with van der Waals surface area (Å²) in [6.45, 7) is 11.5. The molecule has 0 saturated heterocycles. The summed E-state index contributed by atoms with van der Waals surface area (Å²) in [7, 11) is 0. The summed E-state index contributed by atoms with van der Waals surface area (Å²) in [6.07, 6.45) is 2.65. The van der Waals surface area contributed by atoms with Crippen LogP contribution in [0.1, 0.15) is 47.5 Å². The zero-order valence-corrected chi connectivity index (χ0v) is 11.9. The van der Waals surface area contributed by atoms with Gasteiger partial charge in [-0.2, -0.15) is 0 Å². The van der Waals surface area contributed by atoms with E-state index in [0.29, 0.717) is 5.41 Å². The molecule has 0 aromatic heterocycles. The van der Waals surface area contributed by atoms with Crippen molar-refractivity contribution >= 4 is 34.8 Å². The van der Waals surface area contributed by atoms with Crippen molar-refractivity contribution in [2.24, 2.45) is 11.3 Å². The van der Waals surface area contributed by atoms with Gasteiger partial charge in [-0.25, -0.2) is 10.8 Å². The van der Waals surface area contributed by atoms with E-state index in [0.717, 1.165) is 5.92 Å². The van der Waals surface area contributed by atoms with Gasteiger partial charge in [0.1, 0.15) is 0 Å². The number of hydrogen-bond donors (Lipinski definition) is 2. The third-order valence-corrected chi connectivity index (χ3v) is 1.92. The fourth-order valence-corrected chi connectivity index (χ4v) is 1.25. The van der Waals surface area contributed by atoms with Crippen LogP contribution in [-0.2, 0) is 0 Å². The molecule has 0 fully saturated rings. The van der Waals surface area contributed by atoms with Crippen molar-refractivity contribution in [1.29, 1.82) is 10.8 Å². The molecule has 0 heterocycles. The molecule has 15 heavy (non-hydrogen) atoms. The van der Waals surface area contributed by atoms with E-state index in [2.05, 4.69) is 59.1 Å². The fourth-order valence-electron chi connectivity index (χ4n) is 1.25. The number of hydrogen-bond acceptors (Lipinski definition) is 4. The van der Waals surface area contributed by atoms with Gasteiger partial charge < -0.3 is 0 Å². The Balaban J connectivity index is -0.000000200. The lowest BCUT2D eigenvalue weighted by molar-refractivity contribution is 0.277. The van der Waals surface area contributed by atoms with Crippen molar-refractivity contribution in [2.75, 3.05) is 0 Å². The van der Waals surface area contributed by atoms with Crippen molar-refractivity contribution in [3.8, 4) is 0 Å². The van der Waals surface area contributed by atoms with Gasteiger partial charge in [-0.05, 0) is 42.2 Å². The summed E-state index contributed by atoms with van der Waals surface area (Å²) in [6, 6.07) is 0. The quantitative estimate of drug-likeness (QED) is 0.555. The van der Waals surface area contributed by atoms with Gasteiger partial charge in [0, 0.05) is 0 Å². The summed E-state index contributed by atoms with van der Waals surface area (Å²) in [5.74, 6) is 0.847. The average molecular weight is 246 g/mol. The molecule has 2 nitrogen and oxygen atoms in total. The third-order valence-electron chi connectivity index (χ3n) is 1.92. The van der Waals surface area contributed by atoms with Crippen LogP contribution in [0.4, 0.5) is 0 Å². The average Bonchev–Trinajstić information content (AvgIpc) is 2.05. The van der Waals surface area contributed by atoms with Crippen LogP contribution in [0.5, 0.6) is 0 Å². The highest BCUT2D eigenvalue weighted by Crippen LogP contribution is 2.28. The first-order valence-corrected chi connectivity index (χ1v) is 5.70. The molecule has 0 saturated carbocycles. The highest BCUT2D eigenvalue weighted by atomic mass is 32.1. The lowest BCUT2D eigenvalue weighted by Crippen LogP contribution is -2.12. The summed E-state index contributed by atoms with van der Waals surface area (Å²) < 4.78 is 0. The van der Waals surface area contributed by atoms with Crippen LogP contribution >= 0.6 is 24.4 Å². The number of thiocarbonyl (C=S) groups is 2. The summed E-state index contributed by atoms with van der Waals surface area (Å²) in [5.41, 5.74) is 0.564.